The van der Waals surface area contributed by atoms with Crippen LogP contribution in [0.5, 0.6) is 0 Å². The highest BCUT2D eigenvalue weighted by atomic mass is 32.1. The third kappa shape index (κ3) is 4.38. The predicted molar refractivity (Wildman–Crippen MR) is 137 cm³/mol. The first-order valence-electron chi connectivity index (χ1n) is 11.8. The van der Waals surface area contributed by atoms with E-state index >= 15 is 0 Å². The number of likely N-dealkylation sites (tertiary alicyclic amines) is 1. The van der Waals surface area contributed by atoms with Crippen molar-refractivity contribution in [3.63, 3.8) is 0 Å². The Labute approximate surface area is 204 Å². The number of nitrogens with zero attached hydrogens (tertiary/aromatic N) is 4. The molecule has 3 aromatic rings. The highest BCUT2D eigenvalue weighted by Crippen LogP contribution is 2.41. The number of thiophene rings is 1. The molecule has 1 aliphatic carbocycles. The summed E-state index contributed by atoms with van der Waals surface area (Å²) >= 11 is 1.59. The van der Waals surface area contributed by atoms with Crippen LogP contribution in [0.25, 0.3) is 21.6 Å². The van der Waals surface area contributed by atoms with Crippen LogP contribution >= 0.6 is 11.3 Å². The summed E-state index contributed by atoms with van der Waals surface area (Å²) in [5, 5.41) is 4.19. The fraction of sp³-hybridized carbons (Fsp3) is 0.370. The minimum atomic E-state index is 0.108. The van der Waals surface area contributed by atoms with Gasteiger partial charge in [-0.25, -0.2) is 0 Å². The van der Waals surface area contributed by atoms with Crippen molar-refractivity contribution in [2.45, 2.75) is 31.7 Å². The summed E-state index contributed by atoms with van der Waals surface area (Å²) in [6.07, 6.45) is 7.48. The summed E-state index contributed by atoms with van der Waals surface area (Å²) in [7, 11) is 5.69. The number of pyridine rings is 1. The fourth-order valence-corrected chi connectivity index (χ4v) is 6.15. The summed E-state index contributed by atoms with van der Waals surface area (Å²) in [5.74, 6) is 0.108. The van der Waals surface area contributed by atoms with Gasteiger partial charge in [-0.15, -0.1) is 11.3 Å². The van der Waals surface area contributed by atoms with E-state index in [1.54, 1.807) is 30.8 Å². The van der Waals surface area contributed by atoms with Gasteiger partial charge in [0.15, 0.2) is 0 Å². The van der Waals surface area contributed by atoms with Gasteiger partial charge in [-0.2, -0.15) is 0 Å². The molecular weight excluding hydrogens is 444 g/mol. The number of piperidine rings is 1. The lowest BCUT2D eigenvalue weighted by atomic mass is 10.00. The second-order valence-electron chi connectivity index (χ2n) is 9.13. The number of benzene rings is 1. The SMILES string of the molecule is CO/N=C1/CCc2cc(-c3sc(C(=O)N(C)C4CCN(C)CC4)cc3-c3ccncc3)ccc21. The maximum absolute atomic E-state index is 13.5. The maximum atomic E-state index is 13.5. The van der Waals surface area contributed by atoms with Crippen LogP contribution in [-0.4, -0.2) is 66.7 Å². The van der Waals surface area contributed by atoms with E-state index in [4.69, 9.17) is 4.84 Å². The molecule has 0 spiro atoms. The highest BCUT2D eigenvalue weighted by molar-refractivity contribution is 7.18. The molecule has 2 aliphatic rings. The minimum Gasteiger partial charge on any atom is -0.399 e. The van der Waals surface area contributed by atoms with E-state index in [1.807, 2.05) is 24.1 Å². The molecule has 0 radical (unpaired) electrons. The van der Waals surface area contributed by atoms with Crippen molar-refractivity contribution >= 4 is 23.0 Å². The number of carbonyl (C=O) groups excluding carboxylic acids is 1. The molecule has 1 amide bonds. The summed E-state index contributed by atoms with van der Waals surface area (Å²) in [5.41, 5.74) is 6.72. The Morgan fingerprint density at radius 3 is 2.59 bits per heavy atom. The molecule has 2 aromatic heterocycles. The predicted octanol–water partition coefficient (Wildman–Crippen LogP) is 4.94. The number of oxime groups is 1. The van der Waals surface area contributed by atoms with Crippen LogP contribution in [0, 0.1) is 0 Å². The number of amides is 1. The Morgan fingerprint density at radius 1 is 1.09 bits per heavy atom. The number of hydrogen-bond acceptors (Lipinski definition) is 6. The molecule has 0 bridgehead atoms. The standard InChI is InChI=1S/C27H30N4O2S/c1-30-14-10-21(11-15-30)31(2)27(32)25-17-23(18-8-12-28-13-9-18)26(34-25)20-4-6-22-19(16-20)5-7-24(22)29-33-3/h4,6,8-9,12-13,16-17,21H,5,7,10-11,14-15H2,1-3H3/b29-24-. The molecular formula is C27H30N4O2S. The van der Waals surface area contributed by atoms with E-state index in [1.165, 1.54) is 5.56 Å². The van der Waals surface area contributed by atoms with Crippen LogP contribution in [0.1, 0.15) is 40.1 Å². The van der Waals surface area contributed by atoms with Crippen molar-refractivity contribution in [1.82, 2.24) is 14.8 Å². The normalized spacial score (nSPS) is 17.7. The van der Waals surface area contributed by atoms with Crippen LogP contribution in [0.15, 0.2) is 53.9 Å². The van der Waals surface area contributed by atoms with Gasteiger partial charge in [-0.05, 0) is 86.8 Å². The van der Waals surface area contributed by atoms with Gasteiger partial charge in [-0.1, -0.05) is 17.3 Å². The van der Waals surface area contributed by atoms with Gasteiger partial charge in [0, 0.05) is 41.5 Å². The van der Waals surface area contributed by atoms with E-state index in [2.05, 4.69) is 46.4 Å². The zero-order chi connectivity index (χ0) is 23.7. The Hall–Kier alpha value is -3.03. The molecule has 1 fully saturated rings. The molecule has 6 nitrogen and oxygen atoms in total. The molecule has 176 valence electrons. The average molecular weight is 475 g/mol. The average Bonchev–Trinajstić information content (AvgIpc) is 3.49. The van der Waals surface area contributed by atoms with Gasteiger partial charge in [0.1, 0.15) is 7.11 Å². The zero-order valence-electron chi connectivity index (χ0n) is 20.0. The van der Waals surface area contributed by atoms with E-state index < -0.39 is 0 Å². The van der Waals surface area contributed by atoms with Gasteiger partial charge < -0.3 is 14.6 Å². The molecule has 0 unspecified atom stereocenters. The quantitative estimate of drug-likeness (QED) is 0.492. The molecule has 34 heavy (non-hydrogen) atoms. The van der Waals surface area contributed by atoms with E-state index in [0.29, 0.717) is 0 Å². The van der Waals surface area contributed by atoms with Crippen LogP contribution in [0.3, 0.4) is 0 Å². The van der Waals surface area contributed by atoms with Crippen molar-refractivity contribution in [2.75, 3.05) is 34.3 Å². The molecule has 7 heteroatoms. The maximum Gasteiger partial charge on any atom is 0.263 e. The summed E-state index contributed by atoms with van der Waals surface area (Å²) in [6.45, 7) is 2.06. The summed E-state index contributed by atoms with van der Waals surface area (Å²) in [6, 6.07) is 12.9. The Balaban J connectivity index is 1.51. The van der Waals surface area contributed by atoms with Gasteiger partial charge in [0.05, 0.1) is 10.6 Å². The first kappa shape index (κ1) is 22.7. The zero-order valence-corrected chi connectivity index (χ0v) is 20.8. The number of aryl methyl sites for hydroxylation is 1. The number of aromatic nitrogens is 1. The lowest BCUT2D eigenvalue weighted by molar-refractivity contribution is 0.0664. The molecule has 0 N–H and O–H groups in total. The van der Waals surface area contributed by atoms with Crippen LogP contribution in [-0.2, 0) is 11.3 Å². The van der Waals surface area contributed by atoms with Crippen molar-refractivity contribution in [3.8, 4) is 21.6 Å². The van der Waals surface area contributed by atoms with E-state index in [0.717, 1.165) is 76.5 Å². The van der Waals surface area contributed by atoms with E-state index in [9.17, 15) is 4.79 Å². The molecule has 5 rings (SSSR count). The molecule has 1 aliphatic heterocycles. The third-order valence-electron chi connectivity index (χ3n) is 7.00. The second kappa shape index (κ2) is 9.68. The topological polar surface area (TPSA) is 58.0 Å². The summed E-state index contributed by atoms with van der Waals surface area (Å²) in [4.78, 5) is 28.9. The number of carbonyl (C=O) groups is 1. The lowest BCUT2D eigenvalue weighted by Gasteiger charge is -2.34. The number of rotatable bonds is 5. The van der Waals surface area contributed by atoms with Crippen LogP contribution in [0.2, 0.25) is 0 Å². The first-order valence-corrected chi connectivity index (χ1v) is 12.6. The van der Waals surface area contributed by atoms with Gasteiger partial charge in [0.25, 0.3) is 5.91 Å². The monoisotopic (exact) mass is 474 g/mol. The Morgan fingerprint density at radius 2 is 1.85 bits per heavy atom. The van der Waals surface area contributed by atoms with Crippen molar-refractivity contribution in [2.24, 2.45) is 5.16 Å². The molecule has 0 saturated carbocycles. The van der Waals surface area contributed by atoms with Crippen molar-refractivity contribution < 1.29 is 9.63 Å². The molecule has 3 heterocycles. The summed E-state index contributed by atoms with van der Waals surface area (Å²) < 4.78 is 0. The largest absolute Gasteiger partial charge is 0.399 e. The Bertz CT molecular complexity index is 1210. The van der Waals surface area contributed by atoms with Crippen molar-refractivity contribution in [3.05, 3.63) is 64.8 Å². The molecule has 1 saturated heterocycles. The molecule has 1 aromatic carbocycles. The Kier molecular flexibility index (Phi) is 6.48. The van der Waals surface area contributed by atoms with Crippen molar-refractivity contribution in [1.29, 1.82) is 0 Å². The number of hydrogen-bond donors (Lipinski definition) is 0. The van der Waals surface area contributed by atoms with Gasteiger partial charge in [0.2, 0.25) is 0 Å². The van der Waals surface area contributed by atoms with E-state index in [-0.39, 0.29) is 11.9 Å². The van der Waals surface area contributed by atoms with Crippen LogP contribution < -0.4 is 0 Å². The second-order valence-corrected chi connectivity index (χ2v) is 10.2. The van der Waals surface area contributed by atoms with Crippen LogP contribution in [0.4, 0.5) is 0 Å². The number of fused-ring (bicyclic) bond motifs is 1. The first-order chi connectivity index (χ1) is 16.5. The van der Waals surface area contributed by atoms with Gasteiger partial charge >= 0.3 is 0 Å². The van der Waals surface area contributed by atoms with Gasteiger partial charge in [-0.3, -0.25) is 9.78 Å². The molecule has 0 atom stereocenters. The lowest BCUT2D eigenvalue weighted by Crippen LogP contribution is -2.44. The highest BCUT2D eigenvalue weighted by Gasteiger charge is 2.27. The minimum absolute atomic E-state index is 0.108. The third-order valence-corrected chi connectivity index (χ3v) is 8.17. The fourth-order valence-electron chi connectivity index (χ4n) is 4.99. The smallest absolute Gasteiger partial charge is 0.263 e.